The summed E-state index contributed by atoms with van der Waals surface area (Å²) in [5.74, 6) is 1.40. The van der Waals surface area contributed by atoms with Crippen molar-refractivity contribution in [2.45, 2.75) is 20.8 Å². The summed E-state index contributed by atoms with van der Waals surface area (Å²) in [6.07, 6.45) is 0. The Bertz CT molecular complexity index is 608. The standard InChI is InChI=1S/C15H17N3O/c1-10(2)9-17-15-13(8-16)18-14(19-15)12-6-4-5-11(3)7-12/h4-7,10,17H,9H2,1-3H3. The summed E-state index contributed by atoms with van der Waals surface area (Å²) in [6.45, 7) is 6.94. The van der Waals surface area contributed by atoms with Crippen molar-refractivity contribution in [1.29, 1.82) is 5.26 Å². The molecule has 1 aromatic carbocycles. The van der Waals surface area contributed by atoms with Gasteiger partial charge in [0.2, 0.25) is 17.5 Å². The van der Waals surface area contributed by atoms with Gasteiger partial charge >= 0.3 is 0 Å². The largest absolute Gasteiger partial charge is 0.419 e. The van der Waals surface area contributed by atoms with Crippen molar-refractivity contribution >= 4 is 5.88 Å². The minimum absolute atomic E-state index is 0.303. The molecule has 0 aliphatic heterocycles. The first-order valence-electron chi connectivity index (χ1n) is 6.32. The first-order chi connectivity index (χ1) is 9.10. The zero-order valence-electron chi connectivity index (χ0n) is 11.4. The van der Waals surface area contributed by atoms with Gasteiger partial charge in [0.1, 0.15) is 6.07 Å². The molecule has 1 N–H and O–H groups in total. The number of benzene rings is 1. The van der Waals surface area contributed by atoms with Gasteiger partial charge in [0.05, 0.1) is 0 Å². The van der Waals surface area contributed by atoms with E-state index in [4.69, 9.17) is 9.68 Å². The molecule has 1 heterocycles. The van der Waals surface area contributed by atoms with Gasteiger partial charge in [-0.2, -0.15) is 10.2 Å². The quantitative estimate of drug-likeness (QED) is 0.906. The molecule has 2 rings (SSSR count). The predicted molar refractivity (Wildman–Crippen MR) is 74.7 cm³/mol. The molecule has 0 unspecified atom stereocenters. The summed E-state index contributed by atoms with van der Waals surface area (Å²) in [4.78, 5) is 4.23. The highest BCUT2D eigenvalue weighted by Crippen LogP contribution is 2.25. The fourth-order valence-electron chi connectivity index (χ4n) is 1.71. The van der Waals surface area contributed by atoms with E-state index < -0.39 is 0 Å². The van der Waals surface area contributed by atoms with E-state index in [1.165, 1.54) is 0 Å². The van der Waals surface area contributed by atoms with Crippen molar-refractivity contribution in [3.63, 3.8) is 0 Å². The molecule has 0 aliphatic rings. The average Bonchev–Trinajstić information content (AvgIpc) is 2.79. The van der Waals surface area contributed by atoms with Gasteiger partial charge in [0.25, 0.3) is 0 Å². The molecule has 0 bridgehead atoms. The molecule has 4 heteroatoms. The lowest BCUT2D eigenvalue weighted by Crippen LogP contribution is -2.08. The van der Waals surface area contributed by atoms with Crippen LogP contribution < -0.4 is 5.32 Å². The summed E-state index contributed by atoms with van der Waals surface area (Å²) in [5, 5.41) is 12.2. The van der Waals surface area contributed by atoms with Crippen LogP contribution in [0.1, 0.15) is 25.1 Å². The van der Waals surface area contributed by atoms with Crippen LogP contribution in [0, 0.1) is 24.2 Å². The van der Waals surface area contributed by atoms with Gasteiger partial charge in [-0.3, -0.25) is 0 Å². The van der Waals surface area contributed by atoms with Crippen molar-refractivity contribution in [3.8, 4) is 17.5 Å². The van der Waals surface area contributed by atoms with Crippen molar-refractivity contribution in [2.75, 3.05) is 11.9 Å². The molecule has 0 fully saturated rings. The molecule has 0 aliphatic carbocycles. The van der Waals surface area contributed by atoms with E-state index >= 15 is 0 Å². The van der Waals surface area contributed by atoms with Crippen molar-refractivity contribution in [3.05, 3.63) is 35.5 Å². The van der Waals surface area contributed by atoms with Crippen LogP contribution >= 0.6 is 0 Å². The Hall–Kier alpha value is -2.28. The molecule has 0 radical (unpaired) electrons. The second-order valence-electron chi connectivity index (χ2n) is 4.95. The van der Waals surface area contributed by atoms with Crippen molar-refractivity contribution in [2.24, 2.45) is 5.92 Å². The zero-order chi connectivity index (χ0) is 13.8. The molecular weight excluding hydrogens is 238 g/mol. The number of aromatic nitrogens is 1. The molecule has 0 amide bonds. The minimum Gasteiger partial charge on any atom is -0.419 e. The third kappa shape index (κ3) is 3.14. The summed E-state index contributed by atoms with van der Waals surface area (Å²) in [6, 6.07) is 9.92. The lowest BCUT2D eigenvalue weighted by atomic mass is 10.1. The maximum atomic E-state index is 9.09. The molecule has 98 valence electrons. The van der Waals surface area contributed by atoms with E-state index in [1.54, 1.807) is 0 Å². The molecular formula is C15H17N3O. The molecule has 0 saturated heterocycles. The molecule has 1 aromatic heterocycles. The van der Waals surface area contributed by atoms with Gasteiger partial charge < -0.3 is 9.73 Å². The molecule has 0 atom stereocenters. The second-order valence-corrected chi connectivity index (χ2v) is 4.95. The Morgan fingerprint density at radius 3 is 2.84 bits per heavy atom. The van der Waals surface area contributed by atoms with Crippen LogP contribution in [0.15, 0.2) is 28.7 Å². The lowest BCUT2D eigenvalue weighted by molar-refractivity contribution is 0.574. The third-order valence-corrected chi connectivity index (χ3v) is 2.67. The Morgan fingerprint density at radius 2 is 2.21 bits per heavy atom. The second kappa shape index (κ2) is 5.57. The Morgan fingerprint density at radius 1 is 1.42 bits per heavy atom. The summed E-state index contributed by atoms with van der Waals surface area (Å²) < 4.78 is 5.65. The molecule has 19 heavy (non-hydrogen) atoms. The highest BCUT2D eigenvalue weighted by molar-refractivity contribution is 5.59. The van der Waals surface area contributed by atoms with Crippen LogP contribution in [0.2, 0.25) is 0 Å². The number of aryl methyl sites for hydroxylation is 1. The van der Waals surface area contributed by atoms with Crippen LogP contribution in [0.5, 0.6) is 0 Å². The normalized spacial score (nSPS) is 10.5. The molecule has 2 aromatic rings. The van der Waals surface area contributed by atoms with Crippen molar-refractivity contribution < 1.29 is 4.42 Å². The number of hydrogen-bond acceptors (Lipinski definition) is 4. The maximum absolute atomic E-state index is 9.09. The number of oxazole rings is 1. The number of rotatable bonds is 4. The average molecular weight is 255 g/mol. The first-order valence-corrected chi connectivity index (χ1v) is 6.32. The Kier molecular flexibility index (Phi) is 3.86. The van der Waals surface area contributed by atoms with Crippen molar-refractivity contribution in [1.82, 2.24) is 4.98 Å². The molecule has 0 spiro atoms. The van der Waals surface area contributed by atoms with Crippen LogP contribution in [-0.4, -0.2) is 11.5 Å². The summed E-state index contributed by atoms with van der Waals surface area (Å²) in [5.41, 5.74) is 2.32. The van der Waals surface area contributed by atoms with Crippen LogP contribution in [0.4, 0.5) is 5.88 Å². The van der Waals surface area contributed by atoms with Crippen LogP contribution in [-0.2, 0) is 0 Å². The van der Waals surface area contributed by atoms with E-state index in [0.29, 0.717) is 23.4 Å². The van der Waals surface area contributed by atoms with E-state index in [-0.39, 0.29) is 0 Å². The van der Waals surface area contributed by atoms with Gasteiger partial charge in [-0.05, 0) is 25.0 Å². The maximum Gasteiger partial charge on any atom is 0.232 e. The van der Waals surface area contributed by atoms with Gasteiger partial charge in [0.15, 0.2) is 0 Å². The van der Waals surface area contributed by atoms with Crippen LogP contribution in [0.25, 0.3) is 11.5 Å². The Labute approximate surface area is 113 Å². The number of nitrogens with one attached hydrogen (secondary N) is 1. The van der Waals surface area contributed by atoms with E-state index in [9.17, 15) is 0 Å². The minimum atomic E-state index is 0.303. The van der Waals surface area contributed by atoms with Crippen LogP contribution in [0.3, 0.4) is 0 Å². The molecule has 0 saturated carbocycles. The summed E-state index contributed by atoms with van der Waals surface area (Å²) in [7, 11) is 0. The highest BCUT2D eigenvalue weighted by atomic mass is 16.4. The third-order valence-electron chi connectivity index (χ3n) is 2.67. The van der Waals surface area contributed by atoms with Gasteiger partial charge in [-0.15, -0.1) is 0 Å². The van der Waals surface area contributed by atoms with E-state index in [2.05, 4.69) is 30.2 Å². The highest BCUT2D eigenvalue weighted by Gasteiger charge is 2.14. The number of hydrogen-bond donors (Lipinski definition) is 1. The zero-order valence-corrected chi connectivity index (χ0v) is 11.4. The lowest BCUT2D eigenvalue weighted by Gasteiger charge is -2.05. The number of anilines is 1. The monoisotopic (exact) mass is 255 g/mol. The van der Waals surface area contributed by atoms with E-state index in [1.807, 2.05) is 31.2 Å². The predicted octanol–water partition coefficient (Wildman–Crippen LogP) is 3.59. The fraction of sp³-hybridized carbons (Fsp3) is 0.333. The first kappa shape index (κ1) is 13.2. The number of nitriles is 1. The summed E-state index contributed by atoms with van der Waals surface area (Å²) >= 11 is 0. The van der Waals surface area contributed by atoms with Gasteiger partial charge in [-0.1, -0.05) is 31.5 Å². The SMILES string of the molecule is Cc1cccc(-c2nc(C#N)c(NCC(C)C)o2)c1. The number of nitrogens with zero attached hydrogens (tertiary/aromatic N) is 2. The smallest absolute Gasteiger partial charge is 0.232 e. The topological polar surface area (TPSA) is 61.9 Å². The fourth-order valence-corrected chi connectivity index (χ4v) is 1.71. The van der Waals surface area contributed by atoms with Gasteiger partial charge in [-0.25, -0.2) is 0 Å². The van der Waals surface area contributed by atoms with E-state index in [0.717, 1.165) is 17.7 Å². The van der Waals surface area contributed by atoms with Gasteiger partial charge in [0, 0.05) is 12.1 Å². The Balaban J connectivity index is 2.31. The molecule has 4 nitrogen and oxygen atoms in total.